The third-order valence-electron chi connectivity index (χ3n) is 3.80. The van der Waals surface area contributed by atoms with Crippen molar-refractivity contribution in [2.24, 2.45) is 0 Å². The molecule has 126 valence electrons. The fourth-order valence-electron chi connectivity index (χ4n) is 2.45. The monoisotopic (exact) mass is 369 g/mol. The van der Waals surface area contributed by atoms with Gasteiger partial charge in [-0.05, 0) is 35.8 Å². The van der Waals surface area contributed by atoms with Crippen molar-refractivity contribution in [1.29, 1.82) is 0 Å². The summed E-state index contributed by atoms with van der Waals surface area (Å²) < 4.78 is 0.550. The molecule has 1 fully saturated rings. The zero-order chi connectivity index (χ0) is 17.8. The highest BCUT2D eigenvalue weighted by Gasteiger charge is 2.31. The van der Waals surface area contributed by atoms with E-state index in [2.05, 4.69) is 0 Å². The molecule has 0 radical (unpaired) electrons. The Hall–Kier alpha value is -2.44. The Labute approximate surface area is 155 Å². The summed E-state index contributed by atoms with van der Waals surface area (Å²) in [4.78, 5) is 25.6. The molecule has 3 rings (SSSR count). The molecule has 0 bridgehead atoms. The van der Waals surface area contributed by atoms with Gasteiger partial charge in [0.1, 0.15) is 4.32 Å². The van der Waals surface area contributed by atoms with Gasteiger partial charge in [-0.25, -0.2) is 4.79 Å². The first-order chi connectivity index (χ1) is 12.0. The first-order valence-corrected chi connectivity index (χ1v) is 8.90. The molecule has 1 aliphatic rings. The third kappa shape index (κ3) is 4.15. The van der Waals surface area contributed by atoms with Crippen LogP contribution in [0.1, 0.15) is 21.5 Å². The average Bonchev–Trinajstić information content (AvgIpc) is 2.88. The van der Waals surface area contributed by atoms with E-state index in [1.165, 1.54) is 23.9 Å². The van der Waals surface area contributed by atoms with Gasteiger partial charge in [0.15, 0.2) is 0 Å². The van der Waals surface area contributed by atoms with Crippen LogP contribution >= 0.6 is 24.0 Å². The highest BCUT2D eigenvalue weighted by Crippen LogP contribution is 2.32. The second-order valence-electron chi connectivity index (χ2n) is 5.50. The molecule has 0 aromatic heterocycles. The van der Waals surface area contributed by atoms with Crippen molar-refractivity contribution in [2.45, 2.75) is 6.42 Å². The lowest BCUT2D eigenvalue weighted by atomic mass is 10.1. The van der Waals surface area contributed by atoms with Crippen molar-refractivity contribution in [3.8, 4) is 0 Å². The molecule has 0 aliphatic carbocycles. The quantitative estimate of drug-likeness (QED) is 0.641. The van der Waals surface area contributed by atoms with Crippen LogP contribution in [0, 0.1) is 0 Å². The SMILES string of the molecule is O=C(O)c1ccc(/C=C2\SC(=S)N(CCc3ccccc3)C2=O)cc1. The number of rotatable bonds is 5. The summed E-state index contributed by atoms with van der Waals surface area (Å²) in [6.45, 7) is 0.546. The van der Waals surface area contributed by atoms with Gasteiger partial charge in [-0.1, -0.05) is 66.4 Å². The van der Waals surface area contributed by atoms with Crippen LogP contribution in [-0.4, -0.2) is 32.7 Å². The molecule has 0 atom stereocenters. The molecule has 1 aliphatic heterocycles. The summed E-state index contributed by atoms with van der Waals surface area (Å²) in [5.74, 6) is -1.08. The normalized spacial score (nSPS) is 15.8. The molecule has 0 unspecified atom stereocenters. The summed E-state index contributed by atoms with van der Waals surface area (Å²) in [6, 6.07) is 16.4. The molecule has 25 heavy (non-hydrogen) atoms. The highest BCUT2D eigenvalue weighted by atomic mass is 32.2. The first-order valence-electron chi connectivity index (χ1n) is 7.67. The van der Waals surface area contributed by atoms with Crippen molar-refractivity contribution >= 4 is 46.3 Å². The fraction of sp³-hybridized carbons (Fsp3) is 0.105. The van der Waals surface area contributed by atoms with Gasteiger partial charge < -0.3 is 5.11 Å². The zero-order valence-corrected chi connectivity index (χ0v) is 14.8. The Morgan fingerprint density at radius 3 is 2.44 bits per heavy atom. The lowest BCUT2D eigenvalue weighted by Crippen LogP contribution is -2.30. The lowest BCUT2D eigenvalue weighted by Gasteiger charge is -2.14. The van der Waals surface area contributed by atoms with Gasteiger partial charge >= 0.3 is 5.97 Å². The number of carboxylic acids is 1. The molecular weight excluding hydrogens is 354 g/mol. The minimum absolute atomic E-state index is 0.103. The van der Waals surface area contributed by atoms with Crippen molar-refractivity contribution in [3.05, 3.63) is 76.2 Å². The topological polar surface area (TPSA) is 57.6 Å². The van der Waals surface area contributed by atoms with Gasteiger partial charge in [0.25, 0.3) is 5.91 Å². The van der Waals surface area contributed by atoms with Crippen molar-refractivity contribution < 1.29 is 14.7 Å². The van der Waals surface area contributed by atoms with Crippen LogP contribution in [0.15, 0.2) is 59.5 Å². The van der Waals surface area contributed by atoms with Gasteiger partial charge in [-0.3, -0.25) is 9.69 Å². The average molecular weight is 369 g/mol. The maximum atomic E-state index is 12.6. The predicted octanol–water partition coefficient (Wildman–Crippen LogP) is 3.83. The summed E-state index contributed by atoms with van der Waals surface area (Å²) in [6.07, 6.45) is 2.49. The number of thiocarbonyl (C=S) groups is 1. The second kappa shape index (κ2) is 7.63. The number of benzene rings is 2. The van der Waals surface area contributed by atoms with E-state index in [1.54, 1.807) is 23.1 Å². The van der Waals surface area contributed by atoms with Gasteiger partial charge in [-0.15, -0.1) is 0 Å². The first kappa shape index (κ1) is 17.4. The van der Waals surface area contributed by atoms with Gasteiger partial charge in [-0.2, -0.15) is 0 Å². The molecule has 0 saturated carbocycles. The van der Waals surface area contributed by atoms with Crippen LogP contribution in [0.3, 0.4) is 0 Å². The summed E-state index contributed by atoms with van der Waals surface area (Å²) in [7, 11) is 0. The van der Waals surface area contributed by atoms with E-state index in [0.29, 0.717) is 15.8 Å². The highest BCUT2D eigenvalue weighted by molar-refractivity contribution is 8.26. The van der Waals surface area contributed by atoms with Crippen LogP contribution in [0.25, 0.3) is 6.08 Å². The van der Waals surface area contributed by atoms with Crippen LogP contribution < -0.4 is 0 Å². The Kier molecular flexibility index (Phi) is 5.31. The van der Waals surface area contributed by atoms with Gasteiger partial charge in [0.05, 0.1) is 10.5 Å². The van der Waals surface area contributed by atoms with Crippen molar-refractivity contribution in [3.63, 3.8) is 0 Å². The number of carbonyl (C=O) groups is 2. The number of nitrogens with zero attached hydrogens (tertiary/aromatic N) is 1. The predicted molar refractivity (Wildman–Crippen MR) is 103 cm³/mol. The summed E-state index contributed by atoms with van der Waals surface area (Å²) in [5.41, 5.74) is 2.14. The molecule has 6 heteroatoms. The number of carbonyl (C=O) groups excluding carboxylic acids is 1. The second-order valence-corrected chi connectivity index (χ2v) is 7.17. The van der Waals surface area contributed by atoms with E-state index >= 15 is 0 Å². The van der Waals surface area contributed by atoms with E-state index in [4.69, 9.17) is 17.3 Å². The molecule has 2 aromatic carbocycles. The molecule has 1 N–H and O–H groups in total. The summed E-state index contributed by atoms with van der Waals surface area (Å²) >= 11 is 6.61. The van der Waals surface area contributed by atoms with Crippen LogP contribution in [0.2, 0.25) is 0 Å². The Morgan fingerprint density at radius 1 is 1.12 bits per heavy atom. The van der Waals surface area contributed by atoms with Crippen LogP contribution in [0.5, 0.6) is 0 Å². The number of thioether (sulfide) groups is 1. The van der Waals surface area contributed by atoms with Crippen molar-refractivity contribution in [1.82, 2.24) is 4.90 Å². The number of carboxylic acid groups (broad SMARTS) is 1. The molecular formula is C19H15NO3S2. The smallest absolute Gasteiger partial charge is 0.335 e. The molecule has 0 spiro atoms. The zero-order valence-electron chi connectivity index (χ0n) is 13.2. The largest absolute Gasteiger partial charge is 0.478 e. The molecule has 1 amide bonds. The number of hydrogen-bond donors (Lipinski definition) is 1. The Balaban J connectivity index is 1.70. The Morgan fingerprint density at radius 2 is 1.80 bits per heavy atom. The fourth-order valence-corrected chi connectivity index (χ4v) is 3.76. The lowest BCUT2D eigenvalue weighted by molar-refractivity contribution is -0.122. The number of hydrogen-bond acceptors (Lipinski definition) is 4. The number of aromatic carboxylic acids is 1. The van der Waals surface area contributed by atoms with Gasteiger partial charge in [0.2, 0.25) is 0 Å². The van der Waals surface area contributed by atoms with Gasteiger partial charge in [0, 0.05) is 6.54 Å². The van der Waals surface area contributed by atoms with E-state index in [0.717, 1.165) is 17.5 Å². The van der Waals surface area contributed by atoms with E-state index < -0.39 is 5.97 Å². The maximum Gasteiger partial charge on any atom is 0.335 e. The van der Waals surface area contributed by atoms with E-state index in [9.17, 15) is 9.59 Å². The maximum absolute atomic E-state index is 12.6. The molecule has 2 aromatic rings. The third-order valence-corrected chi connectivity index (χ3v) is 5.17. The molecule has 1 heterocycles. The minimum atomic E-state index is -0.973. The molecule has 1 saturated heterocycles. The molecule has 4 nitrogen and oxygen atoms in total. The van der Waals surface area contributed by atoms with Crippen molar-refractivity contribution in [2.75, 3.05) is 6.54 Å². The standard InChI is InChI=1S/C19H15NO3S2/c21-17-16(12-14-6-8-15(9-7-14)18(22)23)25-19(24)20(17)11-10-13-4-2-1-3-5-13/h1-9,12H,10-11H2,(H,22,23)/b16-12-. The summed E-state index contributed by atoms with van der Waals surface area (Å²) in [5, 5.41) is 8.93. The Bertz CT molecular complexity index is 845. The number of amides is 1. The van der Waals surface area contributed by atoms with Crippen LogP contribution in [0.4, 0.5) is 0 Å². The van der Waals surface area contributed by atoms with Crippen LogP contribution in [-0.2, 0) is 11.2 Å². The van der Waals surface area contributed by atoms with E-state index in [1.807, 2.05) is 30.3 Å². The minimum Gasteiger partial charge on any atom is -0.478 e. The van der Waals surface area contributed by atoms with E-state index in [-0.39, 0.29) is 11.5 Å².